The molecule has 3 fully saturated rings. The summed E-state index contributed by atoms with van der Waals surface area (Å²) in [6, 6.07) is 13.1. The molecule has 2 amide bonds. The fraction of sp³-hybridized carbons (Fsp3) is 0.441. The first kappa shape index (κ1) is 27.8. The van der Waals surface area contributed by atoms with Gasteiger partial charge >= 0.3 is 6.03 Å². The van der Waals surface area contributed by atoms with Crippen molar-refractivity contribution in [3.8, 4) is 0 Å². The number of urea groups is 1. The molecular weight excluding hydrogens is 564 g/mol. The SMILES string of the molecule is Cc1cc(N2CCC(C)(c3ccccc3)C2)cn2nc(CCCN3CC4(CCN(c5nccn6ccnc56)CC4)NC3=O)nc12. The molecule has 8 rings (SSSR count). The third-order valence-corrected chi connectivity index (χ3v) is 10.3. The van der Waals surface area contributed by atoms with Crippen molar-refractivity contribution in [3.63, 3.8) is 0 Å². The molecule has 1 spiro atoms. The van der Waals surface area contributed by atoms with Crippen LogP contribution in [0.25, 0.3) is 11.3 Å². The number of carbonyl (C=O) groups is 1. The lowest BCUT2D eigenvalue weighted by atomic mass is 9.82. The Morgan fingerprint density at radius 3 is 2.53 bits per heavy atom. The van der Waals surface area contributed by atoms with Crippen molar-refractivity contribution in [2.75, 3.05) is 49.1 Å². The van der Waals surface area contributed by atoms with Crippen LogP contribution in [0.1, 0.15) is 49.6 Å². The summed E-state index contributed by atoms with van der Waals surface area (Å²) in [6.07, 6.45) is 14.1. The fourth-order valence-corrected chi connectivity index (χ4v) is 7.60. The van der Waals surface area contributed by atoms with E-state index < -0.39 is 0 Å². The number of carbonyl (C=O) groups excluding carboxylic acids is 1. The van der Waals surface area contributed by atoms with Crippen molar-refractivity contribution < 1.29 is 4.79 Å². The van der Waals surface area contributed by atoms with E-state index in [0.717, 1.165) is 93.3 Å². The van der Waals surface area contributed by atoms with E-state index in [4.69, 9.17) is 10.1 Å². The Morgan fingerprint density at radius 2 is 1.71 bits per heavy atom. The van der Waals surface area contributed by atoms with E-state index in [1.807, 2.05) is 32.4 Å². The molecule has 232 valence electrons. The standard InChI is InChI=1S/C34H40N10O/c1-25-21-27(42-16-10-33(2,23-42)26-7-4-3-5-8-26)22-44-29(25)37-28(39-44)9-6-15-43-24-34(38-32(43)45)11-17-40(18-12-34)30-31-36-14-20-41(31)19-13-35-30/h3-5,7-8,13-14,19-22H,6,9-12,15-18,23-24H2,1-2H3,(H,38,45). The molecule has 0 aliphatic carbocycles. The van der Waals surface area contributed by atoms with Gasteiger partial charge in [0, 0.05) is 75.9 Å². The van der Waals surface area contributed by atoms with Gasteiger partial charge < -0.3 is 24.4 Å². The Bertz CT molecular complexity index is 1860. The Labute approximate surface area is 262 Å². The van der Waals surface area contributed by atoms with Crippen molar-refractivity contribution in [2.45, 2.75) is 56.9 Å². The number of nitrogens with one attached hydrogen (secondary N) is 1. The van der Waals surface area contributed by atoms with Gasteiger partial charge in [0.05, 0.1) is 17.4 Å². The summed E-state index contributed by atoms with van der Waals surface area (Å²) in [6.45, 7) is 9.59. The average Bonchev–Trinajstić information content (AvgIpc) is 3.84. The van der Waals surface area contributed by atoms with Crippen LogP contribution in [-0.2, 0) is 11.8 Å². The lowest BCUT2D eigenvalue weighted by Crippen LogP contribution is -2.52. The number of rotatable bonds is 7. The zero-order chi connectivity index (χ0) is 30.6. The Kier molecular flexibility index (Phi) is 6.65. The number of benzene rings is 1. The summed E-state index contributed by atoms with van der Waals surface area (Å²) in [5.41, 5.74) is 5.46. The zero-order valence-corrected chi connectivity index (χ0v) is 26.1. The van der Waals surface area contributed by atoms with Gasteiger partial charge in [-0.25, -0.2) is 24.3 Å². The van der Waals surface area contributed by atoms with Crippen LogP contribution in [0.15, 0.2) is 67.4 Å². The highest BCUT2D eigenvalue weighted by atomic mass is 16.2. The van der Waals surface area contributed by atoms with Crippen LogP contribution in [0.5, 0.6) is 0 Å². The van der Waals surface area contributed by atoms with E-state index in [0.29, 0.717) is 6.54 Å². The number of hydrogen-bond acceptors (Lipinski definition) is 7. The third-order valence-electron chi connectivity index (χ3n) is 10.3. The molecule has 3 saturated heterocycles. The minimum absolute atomic E-state index is 0.0356. The van der Waals surface area contributed by atoms with Gasteiger partial charge in [0.2, 0.25) is 0 Å². The van der Waals surface area contributed by atoms with E-state index in [1.165, 1.54) is 11.3 Å². The molecule has 11 heteroatoms. The van der Waals surface area contributed by atoms with E-state index in [1.54, 1.807) is 6.20 Å². The predicted molar refractivity (Wildman–Crippen MR) is 174 cm³/mol. The fourth-order valence-electron chi connectivity index (χ4n) is 7.60. The number of piperidine rings is 1. The number of hydrogen-bond donors (Lipinski definition) is 1. The van der Waals surface area contributed by atoms with E-state index in [9.17, 15) is 4.79 Å². The summed E-state index contributed by atoms with van der Waals surface area (Å²) < 4.78 is 3.95. The molecule has 7 heterocycles. The van der Waals surface area contributed by atoms with Crippen LogP contribution in [0, 0.1) is 6.92 Å². The lowest BCUT2D eigenvalue weighted by Gasteiger charge is -2.39. The maximum absolute atomic E-state index is 13.0. The number of aromatic nitrogens is 6. The molecule has 45 heavy (non-hydrogen) atoms. The summed E-state index contributed by atoms with van der Waals surface area (Å²) in [5.74, 6) is 1.74. The lowest BCUT2D eigenvalue weighted by molar-refractivity contribution is 0.216. The maximum Gasteiger partial charge on any atom is 0.317 e. The highest BCUT2D eigenvalue weighted by Crippen LogP contribution is 2.37. The molecule has 0 radical (unpaired) electrons. The Morgan fingerprint density at radius 1 is 0.933 bits per heavy atom. The average molecular weight is 605 g/mol. The van der Waals surface area contributed by atoms with Crippen LogP contribution in [0.2, 0.25) is 0 Å². The number of amides is 2. The van der Waals surface area contributed by atoms with Crippen molar-refractivity contribution in [1.29, 1.82) is 0 Å². The molecule has 4 aromatic heterocycles. The number of aryl methyl sites for hydroxylation is 2. The summed E-state index contributed by atoms with van der Waals surface area (Å²) in [5, 5.41) is 8.19. The minimum atomic E-state index is -0.185. The molecule has 1 N–H and O–H groups in total. The van der Waals surface area contributed by atoms with Crippen molar-refractivity contribution in [1.82, 2.24) is 39.2 Å². The first-order valence-corrected chi connectivity index (χ1v) is 16.1. The molecule has 0 saturated carbocycles. The van der Waals surface area contributed by atoms with Crippen LogP contribution >= 0.6 is 0 Å². The van der Waals surface area contributed by atoms with Crippen LogP contribution in [0.4, 0.5) is 16.3 Å². The van der Waals surface area contributed by atoms with E-state index in [-0.39, 0.29) is 17.0 Å². The van der Waals surface area contributed by atoms with Crippen molar-refractivity contribution >= 4 is 28.8 Å². The molecule has 0 bridgehead atoms. The van der Waals surface area contributed by atoms with E-state index >= 15 is 0 Å². The normalized spacial score (nSPS) is 21.5. The number of pyridine rings is 1. The molecule has 1 unspecified atom stereocenters. The number of anilines is 2. The number of fused-ring (bicyclic) bond motifs is 2. The number of imidazole rings is 1. The highest BCUT2D eigenvalue weighted by Gasteiger charge is 2.44. The van der Waals surface area contributed by atoms with E-state index in [2.05, 4.69) is 81.5 Å². The molecule has 1 atom stereocenters. The molecule has 1 aromatic carbocycles. The molecular formula is C34H40N10O. The highest BCUT2D eigenvalue weighted by molar-refractivity contribution is 5.78. The first-order chi connectivity index (χ1) is 21.9. The van der Waals surface area contributed by atoms with Gasteiger partial charge in [0.15, 0.2) is 22.9 Å². The second kappa shape index (κ2) is 10.7. The number of nitrogens with zero attached hydrogens (tertiary/aromatic N) is 9. The van der Waals surface area contributed by atoms with Gasteiger partial charge in [-0.2, -0.15) is 5.10 Å². The van der Waals surface area contributed by atoms with Gasteiger partial charge in [0.25, 0.3) is 0 Å². The van der Waals surface area contributed by atoms with Gasteiger partial charge in [-0.15, -0.1) is 0 Å². The first-order valence-electron chi connectivity index (χ1n) is 16.1. The molecule has 3 aliphatic heterocycles. The van der Waals surface area contributed by atoms with Gasteiger partial charge in [-0.05, 0) is 49.8 Å². The monoisotopic (exact) mass is 604 g/mol. The summed E-state index contributed by atoms with van der Waals surface area (Å²) in [7, 11) is 0. The summed E-state index contributed by atoms with van der Waals surface area (Å²) in [4.78, 5) is 33.7. The van der Waals surface area contributed by atoms with Gasteiger partial charge in [0.1, 0.15) is 0 Å². The van der Waals surface area contributed by atoms with Crippen molar-refractivity contribution in [3.05, 3.63) is 84.3 Å². The molecule has 5 aromatic rings. The maximum atomic E-state index is 13.0. The van der Waals surface area contributed by atoms with Crippen LogP contribution in [0.3, 0.4) is 0 Å². The Balaban J connectivity index is 0.879. The topological polar surface area (TPSA) is 99.2 Å². The Hall–Kier alpha value is -4.67. The molecule has 3 aliphatic rings. The summed E-state index contributed by atoms with van der Waals surface area (Å²) >= 11 is 0. The van der Waals surface area contributed by atoms with Crippen LogP contribution < -0.4 is 15.1 Å². The minimum Gasteiger partial charge on any atom is -0.369 e. The zero-order valence-electron chi connectivity index (χ0n) is 26.1. The molecule has 11 nitrogen and oxygen atoms in total. The van der Waals surface area contributed by atoms with Gasteiger partial charge in [-0.1, -0.05) is 37.3 Å². The third kappa shape index (κ3) is 5.04. The van der Waals surface area contributed by atoms with Crippen molar-refractivity contribution in [2.24, 2.45) is 0 Å². The smallest absolute Gasteiger partial charge is 0.317 e. The predicted octanol–water partition coefficient (Wildman–Crippen LogP) is 4.25. The largest absolute Gasteiger partial charge is 0.369 e. The second-order valence-corrected chi connectivity index (χ2v) is 13.4. The van der Waals surface area contributed by atoms with Crippen LogP contribution in [-0.4, -0.2) is 84.7 Å². The quantitative estimate of drug-likeness (QED) is 0.297. The van der Waals surface area contributed by atoms with Gasteiger partial charge in [-0.3, -0.25) is 0 Å². The second-order valence-electron chi connectivity index (χ2n) is 13.4.